The Kier molecular flexibility index (Phi) is 6.97. The second kappa shape index (κ2) is 10.0. The minimum atomic E-state index is -0.303. The van der Waals surface area contributed by atoms with Crippen molar-refractivity contribution in [1.82, 2.24) is 10.6 Å². The third kappa shape index (κ3) is 5.37. The van der Waals surface area contributed by atoms with Gasteiger partial charge in [-0.2, -0.15) is 0 Å². The standard InChI is InChI=1S/C24H30FN3O2/c25-23-4-2-1-3-19(23)17-26-24(29)18-5-7-22(8-6-18)28-13-9-20(10-14-28)27-21-11-15-30-16-12-21/h1-8,20-21,27H,9-17H2,(H,26,29). The van der Waals surface area contributed by atoms with E-state index in [0.29, 0.717) is 23.2 Å². The predicted molar refractivity (Wildman–Crippen MR) is 116 cm³/mol. The molecule has 160 valence electrons. The molecule has 0 unspecified atom stereocenters. The van der Waals surface area contributed by atoms with Gasteiger partial charge in [0.15, 0.2) is 0 Å². The quantitative estimate of drug-likeness (QED) is 0.764. The Morgan fingerprint density at radius 3 is 2.33 bits per heavy atom. The molecule has 2 N–H and O–H groups in total. The van der Waals surface area contributed by atoms with Crippen LogP contribution in [0.1, 0.15) is 41.6 Å². The Morgan fingerprint density at radius 1 is 0.967 bits per heavy atom. The molecule has 0 spiro atoms. The summed E-state index contributed by atoms with van der Waals surface area (Å²) in [5, 5.41) is 6.59. The van der Waals surface area contributed by atoms with Gasteiger partial charge in [-0.1, -0.05) is 18.2 Å². The van der Waals surface area contributed by atoms with Crippen LogP contribution < -0.4 is 15.5 Å². The molecular formula is C24H30FN3O2. The van der Waals surface area contributed by atoms with E-state index in [9.17, 15) is 9.18 Å². The first-order valence-electron chi connectivity index (χ1n) is 10.9. The third-order valence-electron chi connectivity index (χ3n) is 6.08. The molecule has 5 nitrogen and oxygen atoms in total. The number of amides is 1. The molecule has 0 aromatic heterocycles. The first-order valence-corrected chi connectivity index (χ1v) is 10.9. The van der Waals surface area contributed by atoms with Crippen LogP contribution in [0.25, 0.3) is 0 Å². The van der Waals surface area contributed by atoms with Gasteiger partial charge in [0.25, 0.3) is 5.91 Å². The maximum Gasteiger partial charge on any atom is 0.251 e. The minimum absolute atomic E-state index is 0.181. The van der Waals surface area contributed by atoms with Crippen LogP contribution in [-0.4, -0.2) is 44.3 Å². The molecule has 6 heteroatoms. The van der Waals surface area contributed by atoms with Gasteiger partial charge in [-0.3, -0.25) is 4.79 Å². The van der Waals surface area contributed by atoms with Crippen LogP contribution in [0.15, 0.2) is 48.5 Å². The van der Waals surface area contributed by atoms with Crippen molar-refractivity contribution < 1.29 is 13.9 Å². The monoisotopic (exact) mass is 411 g/mol. The smallest absolute Gasteiger partial charge is 0.251 e. The Hall–Kier alpha value is -2.44. The Morgan fingerprint density at radius 2 is 1.63 bits per heavy atom. The minimum Gasteiger partial charge on any atom is -0.381 e. The first-order chi connectivity index (χ1) is 14.7. The molecule has 0 saturated carbocycles. The van der Waals surface area contributed by atoms with Crippen molar-refractivity contribution in [3.8, 4) is 0 Å². The number of carbonyl (C=O) groups excluding carboxylic acids is 1. The first kappa shape index (κ1) is 20.8. The number of anilines is 1. The van der Waals surface area contributed by atoms with Crippen LogP contribution in [-0.2, 0) is 11.3 Å². The summed E-state index contributed by atoms with van der Waals surface area (Å²) in [7, 11) is 0. The highest BCUT2D eigenvalue weighted by Gasteiger charge is 2.23. The van der Waals surface area contributed by atoms with Crippen LogP contribution in [0.2, 0.25) is 0 Å². The van der Waals surface area contributed by atoms with E-state index < -0.39 is 0 Å². The van der Waals surface area contributed by atoms with Gasteiger partial charge in [-0.05, 0) is 56.0 Å². The van der Waals surface area contributed by atoms with Gasteiger partial charge < -0.3 is 20.3 Å². The lowest BCUT2D eigenvalue weighted by Gasteiger charge is -2.36. The van der Waals surface area contributed by atoms with Crippen LogP contribution >= 0.6 is 0 Å². The average molecular weight is 412 g/mol. The van der Waals surface area contributed by atoms with Gasteiger partial charge in [-0.15, -0.1) is 0 Å². The molecule has 2 aromatic rings. The summed E-state index contributed by atoms with van der Waals surface area (Å²) in [5.74, 6) is -0.493. The largest absolute Gasteiger partial charge is 0.381 e. The summed E-state index contributed by atoms with van der Waals surface area (Å²) in [6, 6.07) is 15.4. The molecule has 0 aliphatic carbocycles. The lowest BCUT2D eigenvalue weighted by Crippen LogP contribution is -2.47. The highest BCUT2D eigenvalue weighted by atomic mass is 19.1. The van der Waals surface area contributed by atoms with E-state index in [-0.39, 0.29) is 18.3 Å². The maximum atomic E-state index is 13.7. The fraction of sp³-hybridized carbons (Fsp3) is 0.458. The van der Waals surface area contributed by atoms with Gasteiger partial charge in [0.1, 0.15) is 5.82 Å². The molecular weight excluding hydrogens is 381 g/mol. The van der Waals surface area contributed by atoms with Crippen LogP contribution in [0.3, 0.4) is 0 Å². The Balaban J connectivity index is 1.25. The van der Waals surface area contributed by atoms with Gasteiger partial charge >= 0.3 is 0 Å². The summed E-state index contributed by atoms with van der Waals surface area (Å²) in [6.45, 7) is 3.95. The summed E-state index contributed by atoms with van der Waals surface area (Å²) in [5.41, 5.74) is 2.22. The topological polar surface area (TPSA) is 53.6 Å². The molecule has 30 heavy (non-hydrogen) atoms. The van der Waals surface area contributed by atoms with E-state index in [1.807, 2.05) is 24.3 Å². The van der Waals surface area contributed by atoms with Crippen molar-refractivity contribution in [2.45, 2.75) is 44.3 Å². The number of carbonyl (C=O) groups is 1. The second-order valence-electron chi connectivity index (χ2n) is 8.14. The molecule has 0 bridgehead atoms. The van der Waals surface area contributed by atoms with E-state index >= 15 is 0 Å². The zero-order chi connectivity index (χ0) is 20.8. The number of ether oxygens (including phenoxy) is 1. The lowest BCUT2D eigenvalue weighted by atomic mass is 10.0. The van der Waals surface area contributed by atoms with Gasteiger partial charge in [0, 0.05) is 61.7 Å². The zero-order valence-corrected chi connectivity index (χ0v) is 17.3. The van der Waals surface area contributed by atoms with Crippen molar-refractivity contribution in [2.75, 3.05) is 31.2 Å². The molecule has 0 atom stereocenters. The average Bonchev–Trinajstić information content (AvgIpc) is 2.80. The number of rotatable bonds is 6. The predicted octanol–water partition coefficient (Wildman–Crippen LogP) is 3.49. The van der Waals surface area contributed by atoms with Crippen LogP contribution in [0.5, 0.6) is 0 Å². The van der Waals surface area contributed by atoms with E-state index in [1.54, 1.807) is 18.2 Å². The molecule has 2 aliphatic heterocycles. The van der Waals surface area contributed by atoms with E-state index in [4.69, 9.17) is 4.74 Å². The molecule has 2 saturated heterocycles. The molecule has 2 aromatic carbocycles. The third-order valence-corrected chi connectivity index (χ3v) is 6.08. The van der Waals surface area contributed by atoms with Gasteiger partial charge in [0.2, 0.25) is 0 Å². The zero-order valence-electron chi connectivity index (χ0n) is 17.3. The SMILES string of the molecule is O=C(NCc1ccccc1F)c1ccc(N2CCC(NC3CCOCC3)CC2)cc1. The lowest BCUT2D eigenvalue weighted by molar-refractivity contribution is 0.0738. The highest BCUT2D eigenvalue weighted by Crippen LogP contribution is 2.22. The van der Waals surface area contributed by atoms with E-state index in [1.165, 1.54) is 6.07 Å². The fourth-order valence-corrected chi connectivity index (χ4v) is 4.24. The summed E-state index contributed by atoms with van der Waals surface area (Å²) in [6.07, 6.45) is 4.48. The van der Waals surface area contributed by atoms with Crippen LogP contribution in [0.4, 0.5) is 10.1 Å². The molecule has 2 aliphatic rings. The molecule has 2 heterocycles. The van der Waals surface area contributed by atoms with Crippen molar-refractivity contribution in [2.24, 2.45) is 0 Å². The molecule has 4 rings (SSSR count). The number of hydrogen-bond donors (Lipinski definition) is 2. The summed E-state index contributed by atoms with van der Waals surface area (Å²) >= 11 is 0. The molecule has 0 radical (unpaired) electrons. The number of nitrogens with zero attached hydrogens (tertiary/aromatic N) is 1. The van der Waals surface area contributed by atoms with Crippen molar-refractivity contribution >= 4 is 11.6 Å². The summed E-state index contributed by atoms with van der Waals surface area (Å²) < 4.78 is 19.1. The number of hydrogen-bond acceptors (Lipinski definition) is 4. The highest BCUT2D eigenvalue weighted by molar-refractivity contribution is 5.94. The normalized spacial score (nSPS) is 18.4. The number of piperidine rings is 1. The molecule has 2 fully saturated rings. The van der Waals surface area contributed by atoms with Crippen molar-refractivity contribution in [3.63, 3.8) is 0 Å². The van der Waals surface area contributed by atoms with Crippen molar-refractivity contribution in [3.05, 3.63) is 65.5 Å². The van der Waals surface area contributed by atoms with Crippen molar-refractivity contribution in [1.29, 1.82) is 0 Å². The summed E-state index contributed by atoms with van der Waals surface area (Å²) in [4.78, 5) is 14.8. The Labute approximate surface area is 177 Å². The number of halogens is 1. The van der Waals surface area contributed by atoms with E-state index in [0.717, 1.165) is 57.7 Å². The fourth-order valence-electron chi connectivity index (χ4n) is 4.24. The van der Waals surface area contributed by atoms with E-state index in [2.05, 4.69) is 15.5 Å². The molecule has 1 amide bonds. The Bertz CT molecular complexity index is 829. The number of nitrogens with one attached hydrogen (secondary N) is 2. The number of benzene rings is 2. The second-order valence-corrected chi connectivity index (χ2v) is 8.14. The maximum absolute atomic E-state index is 13.7. The van der Waals surface area contributed by atoms with Gasteiger partial charge in [0.05, 0.1) is 0 Å². The van der Waals surface area contributed by atoms with Gasteiger partial charge in [-0.25, -0.2) is 4.39 Å². The van der Waals surface area contributed by atoms with Crippen LogP contribution in [0, 0.1) is 5.82 Å².